The minimum absolute atomic E-state index is 0.0838. The van der Waals surface area contributed by atoms with Crippen LogP contribution in [0.3, 0.4) is 0 Å². The zero-order chi connectivity index (χ0) is 16.6. The van der Waals surface area contributed by atoms with E-state index < -0.39 is 0 Å². The molecule has 2 saturated heterocycles. The summed E-state index contributed by atoms with van der Waals surface area (Å²) in [5.74, 6) is 0.165. The molecular formula is C18H19N3O2S. The zero-order valence-corrected chi connectivity index (χ0v) is 14.1. The van der Waals surface area contributed by atoms with Crippen LogP contribution in [-0.2, 0) is 4.79 Å². The molecule has 1 N–H and O–H groups in total. The van der Waals surface area contributed by atoms with E-state index in [9.17, 15) is 9.59 Å². The van der Waals surface area contributed by atoms with Gasteiger partial charge in [0.15, 0.2) is 0 Å². The van der Waals surface area contributed by atoms with E-state index in [0.29, 0.717) is 26.1 Å². The van der Waals surface area contributed by atoms with E-state index in [1.807, 2.05) is 57.0 Å². The standard InChI is InChI=1S/C18H19N3O2S/c22-16-10-18(13-21(16)15-6-9-24-11-15)7-8-20(12-18)17(23)19-14-4-2-1-3-5-14/h1-6,9,11H,7-8,10,12-13H2,(H,19,23)/t18-/m0/s1. The Morgan fingerprint density at radius 1 is 1.17 bits per heavy atom. The van der Waals surface area contributed by atoms with E-state index in [2.05, 4.69) is 5.32 Å². The van der Waals surface area contributed by atoms with Crippen LogP contribution in [0, 0.1) is 5.41 Å². The van der Waals surface area contributed by atoms with Crippen molar-refractivity contribution in [1.29, 1.82) is 0 Å². The lowest BCUT2D eigenvalue weighted by Gasteiger charge is -2.24. The molecule has 1 aromatic carbocycles. The molecule has 2 fully saturated rings. The van der Waals surface area contributed by atoms with Crippen LogP contribution in [0.1, 0.15) is 12.8 Å². The van der Waals surface area contributed by atoms with Crippen LogP contribution in [0.15, 0.2) is 47.2 Å². The summed E-state index contributed by atoms with van der Waals surface area (Å²) in [7, 11) is 0. The van der Waals surface area contributed by atoms with Gasteiger partial charge in [-0.3, -0.25) is 4.79 Å². The fourth-order valence-electron chi connectivity index (χ4n) is 3.65. The quantitative estimate of drug-likeness (QED) is 0.910. The number of thiophene rings is 1. The summed E-state index contributed by atoms with van der Waals surface area (Å²) in [6.45, 7) is 2.04. The van der Waals surface area contributed by atoms with E-state index >= 15 is 0 Å². The van der Waals surface area contributed by atoms with Crippen LogP contribution < -0.4 is 10.2 Å². The minimum Gasteiger partial charge on any atom is -0.324 e. The molecule has 0 radical (unpaired) electrons. The Labute approximate surface area is 144 Å². The molecule has 6 heteroatoms. The van der Waals surface area contributed by atoms with Crippen LogP contribution in [0.25, 0.3) is 0 Å². The number of hydrogen-bond donors (Lipinski definition) is 1. The van der Waals surface area contributed by atoms with Gasteiger partial charge in [-0.05, 0) is 30.0 Å². The van der Waals surface area contributed by atoms with Crippen LogP contribution >= 0.6 is 11.3 Å². The van der Waals surface area contributed by atoms with Crippen molar-refractivity contribution in [2.45, 2.75) is 12.8 Å². The first-order chi connectivity index (χ1) is 11.7. The highest BCUT2D eigenvalue weighted by Gasteiger charge is 2.48. The molecule has 5 nitrogen and oxygen atoms in total. The fraction of sp³-hybridized carbons (Fsp3) is 0.333. The van der Waals surface area contributed by atoms with Gasteiger partial charge in [-0.15, -0.1) is 0 Å². The third-order valence-corrected chi connectivity index (χ3v) is 5.56. The van der Waals surface area contributed by atoms with Gasteiger partial charge in [0.05, 0.1) is 5.69 Å². The highest BCUT2D eigenvalue weighted by molar-refractivity contribution is 7.08. The second kappa shape index (κ2) is 5.94. The lowest BCUT2D eigenvalue weighted by molar-refractivity contribution is -0.117. The third kappa shape index (κ3) is 2.78. The van der Waals surface area contributed by atoms with Gasteiger partial charge >= 0.3 is 6.03 Å². The number of nitrogens with zero attached hydrogens (tertiary/aromatic N) is 2. The second-order valence-electron chi connectivity index (χ2n) is 6.61. The Hall–Kier alpha value is -2.34. The van der Waals surface area contributed by atoms with Gasteiger partial charge in [0, 0.05) is 42.5 Å². The van der Waals surface area contributed by atoms with Crippen molar-refractivity contribution in [2.75, 3.05) is 29.9 Å². The minimum atomic E-state index is -0.104. The summed E-state index contributed by atoms with van der Waals surface area (Å²) in [5.41, 5.74) is 1.67. The molecular weight excluding hydrogens is 322 g/mol. The summed E-state index contributed by atoms with van der Waals surface area (Å²) in [6.07, 6.45) is 1.40. The molecule has 124 valence electrons. The van der Waals surface area contributed by atoms with E-state index in [4.69, 9.17) is 0 Å². The highest BCUT2D eigenvalue weighted by atomic mass is 32.1. The number of amides is 3. The predicted octanol–water partition coefficient (Wildman–Crippen LogP) is 3.41. The molecule has 3 amide bonds. The Kier molecular flexibility index (Phi) is 3.76. The van der Waals surface area contributed by atoms with E-state index in [1.54, 1.807) is 11.3 Å². The molecule has 0 bridgehead atoms. The first-order valence-electron chi connectivity index (χ1n) is 8.09. The molecule has 1 aromatic heterocycles. The number of carbonyl (C=O) groups excluding carboxylic acids is 2. The predicted molar refractivity (Wildman–Crippen MR) is 95.4 cm³/mol. The largest absolute Gasteiger partial charge is 0.324 e. The molecule has 2 aliphatic heterocycles. The highest BCUT2D eigenvalue weighted by Crippen LogP contribution is 2.42. The number of nitrogens with one attached hydrogen (secondary N) is 1. The average Bonchev–Trinajstić information content (AvgIpc) is 3.30. The molecule has 3 heterocycles. The number of hydrogen-bond acceptors (Lipinski definition) is 3. The van der Waals surface area contributed by atoms with Crippen molar-refractivity contribution in [3.05, 3.63) is 47.2 Å². The Morgan fingerprint density at radius 2 is 2.00 bits per heavy atom. The zero-order valence-electron chi connectivity index (χ0n) is 13.3. The molecule has 1 atom stereocenters. The van der Waals surface area contributed by atoms with Gasteiger partial charge in [0.25, 0.3) is 0 Å². The number of rotatable bonds is 2. The van der Waals surface area contributed by atoms with Gasteiger partial charge in [-0.1, -0.05) is 18.2 Å². The van der Waals surface area contributed by atoms with Crippen LogP contribution in [0.5, 0.6) is 0 Å². The Morgan fingerprint density at radius 3 is 2.75 bits per heavy atom. The molecule has 0 unspecified atom stereocenters. The summed E-state index contributed by atoms with van der Waals surface area (Å²) in [6, 6.07) is 11.4. The molecule has 2 aliphatic rings. The first-order valence-corrected chi connectivity index (χ1v) is 9.03. The molecule has 24 heavy (non-hydrogen) atoms. The number of carbonyl (C=O) groups is 2. The average molecular weight is 341 g/mol. The van der Waals surface area contributed by atoms with Crippen molar-refractivity contribution >= 4 is 34.6 Å². The number of likely N-dealkylation sites (tertiary alicyclic amines) is 1. The van der Waals surface area contributed by atoms with Crippen molar-refractivity contribution in [3.63, 3.8) is 0 Å². The van der Waals surface area contributed by atoms with Gasteiger partial charge in [0.2, 0.25) is 5.91 Å². The Bertz CT molecular complexity index is 747. The van der Waals surface area contributed by atoms with Gasteiger partial charge in [-0.2, -0.15) is 11.3 Å². The topological polar surface area (TPSA) is 52.7 Å². The number of urea groups is 1. The van der Waals surface area contributed by atoms with Crippen molar-refractivity contribution in [2.24, 2.45) is 5.41 Å². The van der Waals surface area contributed by atoms with Gasteiger partial charge in [0.1, 0.15) is 0 Å². The van der Waals surface area contributed by atoms with E-state index in [0.717, 1.165) is 17.8 Å². The van der Waals surface area contributed by atoms with Crippen LogP contribution in [0.4, 0.5) is 16.2 Å². The van der Waals surface area contributed by atoms with E-state index in [-0.39, 0.29) is 17.4 Å². The molecule has 1 spiro atoms. The van der Waals surface area contributed by atoms with Crippen molar-refractivity contribution < 1.29 is 9.59 Å². The summed E-state index contributed by atoms with van der Waals surface area (Å²) in [4.78, 5) is 28.6. The number of benzene rings is 1. The maximum atomic E-state index is 12.5. The lowest BCUT2D eigenvalue weighted by atomic mass is 9.86. The van der Waals surface area contributed by atoms with Crippen molar-refractivity contribution in [1.82, 2.24) is 4.90 Å². The normalized spacial score (nSPS) is 23.2. The smallest absolute Gasteiger partial charge is 0.321 e. The lowest BCUT2D eigenvalue weighted by Crippen LogP contribution is -2.36. The Balaban J connectivity index is 1.43. The van der Waals surface area contributed by atoms with Crippen LogP contribution in [0.2, 0.25) is 0 Å². The van der Waals surface area contributed by atoms with Crippen LogP contribution in [-0.4, -0.2) is 36.5 Å². The molecule has 4 rings (SSSR count). The van der Waals surface area contributed by atoms with Crippen molar-refractivity contribution in [3.8, 4) is 0 Å². The second-order valence-corrected chi connectivity index (χ2v) is 7.39. The summed E-state index contributed by atoms with van der Waals surface area (Å²) < 4.78 is 0. The summed E-state index contributed by atoms with van der Waals surface area (Å²) >= 11 is 1.60. The molecule has 0 saturated carbocycles. The maximum absolute atomic E-state index is 12.5. The third-order valence-electron chi connectivity index (χ3n) is 4.89. The molecule has 0 aliphatic carbocycles. The SMILES string of the molecule is O=C(Nc1ccccc1)N1CC[C@]2(CC(=O)N(c3ccsc3)C2)C1. The van der Waals surface area contributed by atoms with Gasteiger partial charge < -0.3 is 15.1 Å². The molecule has 2 aromatic rings. The fourth-order valence-corrected chi connectivity index (χ4v) is 4.29. The monoisotopic (exact) mass is 341 g/mol. The van der Waals surface area contributed by atoms with Gasteiger partial charge in [-0.25, -0.2) is 4.79 Å². The summed E-state index contributed by atoms with van der Waals surface area (Å²) in [5, 5.41) is 6.92. The first kappa shape index (κ1) is 15.2. The van der Waals surface area contributed by atoms with E-state index in [1.165, 1.54) is 0 Å². The number of anilines is 2. The number of para-hydroxylation sites is 1. The maximum Gasteiger partial charge on any atom is 0.321 e.